The largest absolute Gasteiger partial charge is 0.508 e. The highest BCUT2D eigenvalue weighted by Gasteiger charge is 2.22. The van der Waals surface area contributed by atoms with E-state index in [4.69, 9.17) is 4.74 Å². The van der Waals surface area contributed by atoms with Gasteiger partial charge in [0.1, 0.15) is 11.5 Å². The topological polar surface area (TPSA) is 69.9 Å². The maximum absolute atomic E-state index is 9.54. The summed E-state index contributed by atoms with van der Waals surface area (Å²) in [4.78, 5) is 0. The molecular weight excluding hydrogens is 244 g/mol. The van der Waals surface area contributed by atoms with Gasteiger partial charge in [-0.2, -0.15) is 0 Å². The standard InChI is InChI=1S/C15H14O4/c16-12-3-1-10-5-11(8-19-15(10)7-12)9-2-4-13(17)14(18)6-9/h1-4,6-7,11,16-18H,5,8H2/t11-/m1/s1. The number of phenols is 3. The average Bonchev–Trinajstić information content (AvgIpc) is 2.41. The molecule has 4 heteroatoms. The van der Waals surface area contributed by atoms with Crippen molar-refractivity contribution >= 4 is 0 Å². The third-order valence-electron chi connectivity index (χ3n) is 3.43. The van der Waals surface area contributed by atoms with Gasteiger partial charge in [0, 0.05) is 12.0 Å². The lowest BCUT2D eigenvalue weighted by atomic mass is 9.90. The SMILES string of the molecule is Oc1ccc2c(c1)OC[C@H](c1ccc(O)c(O)c1)C2. The lowest BCUT2D eigenvalue weighted by Crippen LogP contribution is -2.19. The highest BCUT2D eigenvalue weighted by molar-refractivity contribution is 5.45. The van der Waals surface area contributed by atoms with Crippen LogP contribution in [0, 0.1) is 0 Å². The Balaban J connectivity index is 1.89. The molecule has 3 N–H and O–H groups in total. The molecule has 0 radical (unpaired) electrons. The average molecular weight is 258 g/mol. The van der Waals surface area contributed by atoms with Crippen molar-refractivity contribution in [3.05, 3.63) is 47.5 Å². The minimum Gasteiger partial charge on any atom is -0.508 e. The van der Waals surface area contributed by atoms with Crippen molar-refractivity contribution in [3.63, 3.8) is 0 Å². The highest BCUT2D eigenvalue weighted by Crippen LogP contribution is 2.36. The normalized spacial score (nSPS) is 17.6. The monoisotopic (exact) mass is 258 g/mol. The van der Waals surface area contributed by atoms with E-state index < -0.39 is 0 Å². The number of rotatable bonds is 1. The minimum atomic E-state index is -0.120. The van der Waals surface area contributed by atoms with Gasteiger partial charge >= 0.3 is 0 Å². The number of ether oxygens (including phenoxy) is 1. The van der Waals surface area contributed by atoms with Crippen LogP contribution >= 0.6 is 0 Å². The van der Waals surface area contributed by atoms with E-state index in [0.717, 1.165) is 17.5 Å². The molecule has 0 unspecified atom stereocenters. The summed E-state index contributed by atoms with van der Waals surface area (Å²) in [7, 11) is 0. The number of benzene rings is 2. The van der Waals surface area contributed by atoms with Gasteiger partial charge in [-0.1, -0.05) is 12.1 Å². The number of phenolic OH excluding ortho intramolecular Hbond substituents is 3. The molecule has 0 aromatic heterocycles. The molecule has 0 bridgehead atoms. The Morgan fingerprint density at radius 2 is 1.79 bits per heavy atom. The van der Waals surface area contributed by atoms with Crippen molar-refractivity contribution in [2.24, 2.45) is 0 Å². The molecule has 4 nitrogen and oxygen atoms in total. The van der Waals surface area contributed by atoms with Crippen molar-refractivity contribution in [1.29, 1.82) is 0 Å². The quantitative estimate of drug-likeness (QED) is 0.687. The molecule has 19 heavy (non-hydrogen) atoms. The summed E-state index contributed by atoms with van der Waals surface area (Å²) >= 11 is 0. The van der Waals surface area contributed by atoms with E-state index in [9.17, 15) is 15.3 Å². The van der Waals surface area contributed by atoms with Crippen LogP contribution in [-0.2, 0) is 6.42 Å². The van der Waals surface area contributed by atoms with E-state index in [1.807, 2.05) is 6.07 Å². The molecule has 2 aromatic rings. The van der Waals surface area contributed by atoms with Gasteiger partial charge in [-0.3, -0.25) is 0 Å². The summed E-state index contributed by atoms with van der Waals surface area (Å²) in [5.74, 6) is 0.794. The van der Waals surface area contributed by atoms with E-state index in [-0.39, 0.29) is 23.2 Å². The lowest BCUT2D eigenvalue weighted by Gasteiger charge is -2.25. The van der Waals surface area contributed by atoms with E-state index in [0.29, 0.717) is 12.4 Å². The minimum absolute atomic E-state index is 0.117. The van der Waals surface area contributed by atoms with Gasteiger partial charge in [-0.15, -0.1) is 0 Å². The second-order valence-corrected chi connectivity index (χ2v) is 4.75. The Morgan fingerprint density at radius 1 is 0.947 bits per heavy atom. The zero-order valence-electron chi connectivity index (χ0n) is 10.2. The number of hydrogen-bond donors (Lipinski definition) is 3. The molecule has 1 aliphatic heterocycles. The maximum Gasteiger partial charge on any atom is 0.157 e. The molecule has 0 aliphatic carbocycles. The molecule has 0 saturated carbocycles. The number of aromatic hydroxyl groups is 3. The number of fused-ring (bicyclic) bond motifs is 1. The summed E-state index contributed by atoms with van der Waals surface area (Å²) < 4.78 is 5.64. The predicted octanol–water partition coefficient (Wildman–Crippen LogP) is 2.52. The maximum atomic E-state index is 9.54. The molecular formula is C15H14O4. The molecule has 2 aromatic carbocycles. The molecule has 0 fully saturated rings. The first-order valence-electron chi connectivity index (χ1n) is 6.10. The Morgan fingerprint density at radius 3 is 2.58 bits per heavy atom. The fourth-order valence-electron chi connectivity index (χ4n) is 2.37. The van der Waals surface area contributed by atoms with Gasteiger partial charge < -0.3 is 20.1 Å². The highest BCUT2D eigenvalue weighted by atomic mass is 16.5. The first kappa shape index (κ1) is 11.7. The molecule has 98 valence electrons. The Hall–Kier alpha value is -2.36. The van der Waals surface area contributed by atoms with E-state index >= 15 is 0 Å². The Labute approximate surface area is 110 Å². The molecule has 0 amide bonds. The number of hydrogen-bond acceptors (Lipinski definition) is 4. The lowest BCUT2D eigenvalue weighted by molar-refractivity contribution is 0.261. The molecule has 0 saturated heterocycles. The van der Waals surface area contributed by atoms with Gasteiger partial charge in [0.25, 0.3) is 0 Å². The summed E-state index contributed by atoms with van der Waals surface area (Å²) in [6, 6.07) is 9.93. The van der Waals surface area contributed by atoms with Crippen molar-refractivity contribution in [2.75, 3.05) is 6.61 Å². The van der Waals surface area contributed by atoms with Gasteiger partial charge in [-0.25, -0.2) is 0 Å². The Kier molecular flexibility index (Phi) is 2.71. The van der Waals surface area contributed by atoms with Crippen LogP contribution in [0.25, 0.3) is 0 Å². The molecule has 1 atom stereocenters. The Bertz CT molecular complexity index is 622. The van der Waals surface area contributed by atoms with Crippen molar-refractivity contribution in [1.82, 2.24) is 0 Å². The van der Waals surface area contributed by atoms with Crippen LogP contribution in [0.1, 0.15) is 17.0 Å². The van der Waals surface area contributed by atoms with Gasteiger partial charge in [-0.05, 0) is 35.7 Å². The van der Waals surface area contributed by atoms with Gasteiger partial charge in [0.05, 0.1) is 6.61 Å². The van der Waals surface area contributed by atoms with Crippen molar-refractivity contribution < 1.29 is 20.1 Å². The van der Waals surface area contributed by atoms with Crippen LogP contribution in [0.3, 0.4) is 0 Å². The van der Waals surface area contributed by atoms with Crippen LogP contribution in [-0.4, -0.2) is 21.9 Å². The fraction of sp³-hybridized carbons (Fsp3) is 0.200. The summed E-state index contributed by atoms with van der Waals surface area (Å²) in [6.45, 7) is 0.487. The third kappa shape index (κ3) is 2.17. The van der Waals surface area contributed by atoms with E-state index in [1.165, 1.54) is 6.07 Å². The molecule has 0 spiro atoms. The molecule has 1 heterocycles. The summed E-state index contributed by atoms with van der Waals surface area (Å²) in [6.07, 6.45) is 0.778. The fourth-order valence-corrected chi connectivity index (χ4v) is 2.37. The van der Waals surface area contributed by atoms with Crippen LogP contribution in [0.2, 0.25) is 0 Å². The second-order valence-electron chi connectivity index (χ2n) is 4.75. The van der Waals surface area contributed by atoms with Crippen LogP contribution in [0.4, 0.5) is 0 Å². The smallest absolute Gasteiger partial charge is 0.157 e. The molecule has 3 rings (SSSR count). The zero-order valence-corrected chi connectivity index (χ0v) is 10.2. The van der Waals surface area contributed by atoms with E-state index in [1.54, 1.807) is 24.3 Å². The van der Waals surface area contributed by atoms with Gasteiger partial charge in [0.15, 0.2) is 11.5 Å². The summed E-state index contributed by atoms with van der Waals surface area (Å²) in [5.41, 5.74) is 1.95. The molecule has 1 aliphatic rings. The van der Waals surface area contributed by atoms with Crippen LogP contribution < -0.4 is 4.74 Å². The van der Waals surface area contributed by atoms with E-state index in [2.05, 4.69) is 0 Å². The van der Waals surface area contributed by atoms with Crippen molar-refractivity contribution in [2.45, 2.75) is 12.3 Å². The first-order chi connectivity index (χ1) is 9.13. The van der Waals surface area contributed by atoms with Gasteiger partial charge in [0.2, 0.25) is 0 Å². The summed E-state index contributed by atoms with van der Waals surface area (Å²) in [5, 5.41) is 28.3. The first-order valence-corrected chi connectivity index (χ1v) is 6.10. The van der Waals surface area contributed by atoms with Crippen LogP contribution in [0.5, 0.6) is 23.0 Å². The van der Waals surface area contributed by atoms with Crippen LogP contribution in [0.15, 0.2) is 36.4 Å². The van der Waals surface area contributed by atoms with Crippen molar-refractivity contribution in [3.8, 4) is 23.0 Å². The second kappa shape index (κ2) is 4.39. The third-order valence-corrected chi connectivity index (χ3v) is 3.43. The zero-order chi connectivity index (χ0) is 13.4. The predicted molar refractivity (Wildman–Crippen MR) is 69.8 cm³/mol.